The fourth-order valence-corrected chi connectivity index (χ4v) is 1.60. The summed E-state index contributed by atoms with van der Waals surface area (Å²) in [7, 11) is 0. The molecule has 2 nitrogen and oxygen atoms in total. The quantitative estimate of drug-likeness (QED) is 0.789. The summed E-state index contributed by atoms with van der Waals surface area (Å²) in [6.45, 7) is 5.00. The van der Waals surface area contributed by atoms with E-state index in [2.05, 4.69) is 0 Å². The molecular formula is C11H13FO2. The molecule has 0 bridgehead atoms. The van der Waals surface area contributed by atoms with Crippen LogP contribution in [0.2, 0.25) is 0 Å². The van der Waals surface area contributed by atoms with Crippen molar-refractivity contribution in [2.24, 2.45) is 0 Å². The van der Waals surface area contributed by atoms with Crippen LogP contribution in [0.3, 0.4) is 0 Å². The molecule has 0 fully saturated rings. The zero-order valence-corrected chi connectivity index (χ0v) is 8.47. The van der Waals surface area contributed by atoms with Crippen LogP contribution in [0.25, 0.3) is 0 Å². The average molecular weight is 196 g/mol. The smallest absolute Gasteiger partial charge is 0.310 e. The van der Waals surface area contributed by atoms with Crippen LogP contribution in [0.5, 0.6) is 0 Å². The first-order chi connectivity index (χ1) is 6.43. The molecule has 0 radical (unpaired) electrons. The first-order valence-corrected chi connectivity index (χ1v) is 4.43. The lowest BCUT2D eigenvalue weighted by atomic mass is 9.94. The highest BCUT2D eigenvalue weighted by Crippen LogP contribution is 2.24. The molecule has 1 atom stereocenters. The van der Waals surface area contributed by atoms with E-state index in [4.69, 9.17) is 5.11 Å². The second-order valence-corrected chi connectivity index (χ2v) is 3.54. The molecule has 76 valence electrons. The van der Waals surface area contributed by atoms with Crippen LogP contribution in [-0.2, 0) is 4.79 Å². The lowest BCUT2D eigenvalue weighted by molar-refractivity contribution is -0.138. The summed E-state index contributed by atoms with van der Waals surface area (Å²) in [6.07, 6.45) is 0. The minimum Gasteiger partial charge on any atom is -0.481 e. The van der Waals surface area contributed by atoms with Gasteiger partial charge in [-0.3, -0.25) is 4.79 Å². The van der Waals surface area contributed by atoms with E-state index < -0.39 is 17.7 Å². The molecule has 0 aliphatic heterocycles. The van der Waals surface area contributed by atoms with Crippen LogP contribution in [-0.4, -0.2) is 11.1 Å². The number of hydrogen-bond donors (Lipinski definition) is 1. The monoisotopic (exact) mass is 196 g/mol. The van der Waals surface area contributed by atoms with Gasteiger partial charge in [-0.15, -0.1) is 0 Å². The Bertz CT molecular complexity index is 349. The van der Waals surface area contributed by atoms with Gasteiger partial charge in [0.05, 0.1) is 5.92 Å². The van der Waals surface area contributed by atoms with Crippen molar-refractivity contribution in [3.05, 3.63) is 34.6 Å². The molecule has 0 aromatic heterocycles. The minimum absolute atomic E-state index is 0.281. The highest BCUT2D eigenvalue weighted by Gasteiger charge is 2.20. The zero-order chi connectivity index (χ0) is 10.9. The van der Waals surface area contributed by atoms with Gasteiger partial charge in [-0.05, 0) is 38.0 Å². The van der Waals surface area contributed by atoms with Gasteiger partial charge in [0.2, 0.25) is 0 Å². The van der Waals surface area contributed by atoms with E-state index in [1.807, 2.05) is 0 Å². The van der Waals surface area contributed by atoms with Gasteiger partial charge >= 0.3 is 5.97 Å². The molecule has 0 amide bonds. The van der Waals surface area contributed by atoms with Crippen LogP contribution in [0, 0.1) is 19.7 Å². The predicted octanol–water partition coefficient (Wildman–Crippen LogP) is 2.63. The molecule has 0 spiro atoms. The summed E-state index contributed by atoms with van der Waals surface area (Å²) in [5.41, 5.74) is 1.78. The number of hydrogen-bond acceptors (Lipinski definition) is 1. The van der Waals surface area contributed by atoms with E-state index in [0.29, 0.717) is 5.56 Å². The molecule has 1 aromatic carbocycles. The minimum atomic E-state index is -1.00. The molecule has 14 heavy (non-hydrogen) atoms. The van der Waals surface area contributed by atoms with Crippen molar-refractivity contribution in [1.82, 2.24) is 0 Å². The third kappa shape index (κ3) is 1.92. The van der Waals surface area contributed by atoms with Gasteiger partial charge in [0.1, 0.15) is 5.82 Å². The maximum absolute atomic E-state index is 13.5. The van der Waals surface area contributed by atoms with Crippen molar-refractivity contribution in [2.75, 3.05) is 0 Å². The van der Waals surface area contributed by atoms with E-state index in [1.165, 1.54) is 13.0 Å². The molecule has 1 N–H and O–H groups in total. The van der Waals surface area contributed by atoms with E-state index in [9.17, 15) is 9.18 Å². The molecule has 0 aliphatic rings. The molecule has 0 saturated heterocycles. The van der Waals surface area contributed by atoms with Gasteiger partial charge in [-0.1, -0.05) is 6.07 Å². The van der Waals surface area contributed by atoms with Gasteiger partial charge in [0, 0.05) is 5.56 Å². The first kappa shape index (κ1) is 10.7. The van der Waals surface area contributed by atoms with Crippen LogP contribution >= 0.6 is 0 Å². The van der Waals surface area contributed by atoms with E-state index >= 15 is 0 Å². The van der Waals surface area contributed by atoms with Crippen molar-refractivity contribution < 1.29 is 14.3 Å². The van der Waals surface area contributed by atoms with E-state index in [1.54, 1.807) is 19.9 Å². The number of benzene rings is 1. The number of halogens is 1. The Kier molecular flexibility index (Phi) is 2.89. The fourth-order valence-electron chi connectivity index (χ4n) is 1.60. The summed E-state index contributed by atoms with van der Waals surface area (Å²) in [5, 5.41) is 8.79. The Balaban J connectivity index is 3.27. The molecule has 1 rings (SSSR count). The summed E-state index contributed by atoms with van der Waals surface area (Å²) >= 11 is 0. The summed E-state index contributed by atoms with van der Waals surface area (Å²) in [6, 6.07) is 3.15. The van der Waals surface area contributed by atoms with Crippen molar-refractivity contribution in [3.8, 4) is 0 Å². The fraction of sp³-hybridized carbons (Fsp3) is 0.364. The van der Waals surface area contributed by atoms with Crippen molar-refractivity contribution in [2.45, 2.75) is 26.7 Å². The maximum atomic E-state index is 13.5. The molecular weight excluding hydrogens is 183 g/mol. The lowest BCUT2D eigenvalue weighted by Crippen LogP contribution is -2.11. The van der Waals surface area contributed by atoms with Crippen molar-refractivity contribution in [3.63, 3.8) is 0 Å². The number of carboxylic acids is 1. The van der Waals surface area contributed by atoms with Crippen LogP contribution in [0.4, 0.5) is 4.39 Å². The number of carboxylic acid groups (broad SMARTS) is 1. The second kappa shape index (κ2) is 3.78. The molecule has 3 heteroatoms. The number of aliphatic carboxylic acids is 1. The van der Waals surface area contributed by atoms with E-state index in [0.717, 1.165) is 5.56 Å². The third-order valence-electron chi connectivity index (χ3n) is 2.28. The Morgan fingerprint density at radius 1 is 1.43 bits per heavy atom. The third-order valence-corrected chi connectivity index (χ3v) is 2.28. The second-order valence-electron chi connectivity index (χ2n) is 3.54. The number of carbonyl (C=O) groups is 1. The largest absolute Gasteiger partial charge is 0.481 e. The average Bonchev–Trinajstić information content (AvgIpc) is 2.01. The normalized spacial score (nSPS) is 12.6. The Labute approximate surface area is 82.4 Å². The highest BCUT2D eigenvalue weighted by atomic mass is 19.1. The Morgan fingerprint density at radius 3 is 2.43 bits per heavy atom. The Hall–Kier alpha value is -1.38. The number of rotatable bonds is 2. The van der Waals surface area contributed by atoms with Gasteiger partial charge in [-0.25, -0.2) is 4.39 Å². The van der Waals surface area contributed by atoms with Crippen LogP contribution in [0.15, 0.2) is 12.1 Å². The first-order valence-electron chi connectivity index (χ1n) is 4.43. The molecule has 0 saturated carbocycles. The topological polar surface area (TPSA) is 37.3 Å². The molecule has 0 aliphatic carbocycles. The highest BCUT2D eigenvalue weighted by molar-refractivity contribution is 5.76. The summed E-state index contributed by atoms with van der Waals surface area (Å²) < 4.78 is 13.5. The standard InChI is InChI=1S/C11H13FO2/c1-6-4-7(2)10(9(12)5-6)8(3)11(13)14/h4-5,8H,1-3H3,(H,13,14). The summed E-state index contributed by atoms with van der Waals surface area (Å²) in [4.78, 5) is 10.7. The molecule has 1 aromatic rings. The number of aryl methyl sites for hydroxylation is 2. The van der Waals surface area contributed by atoms with Gasteiger partial charge < -0.3 is 5.11 Å². The van der Waals surface area contributed by atoms with Gasteiger partial charge in [0.15, 0.2) is 0 Å². The zero-order valence-electron chi connectivity index (χ0n) is 8.47. The lowest BCUT2D eigenvalue weighted by Gasteiger charge is -2.12. The molecule has 1 unspecified atom stereocenters. The van der Waals surface area contributed by atoms with Crippen LogP contribution < -0.4 is 0 Å². The molecule has 0 heterocycles. The van der Waals surface area contributed by atoms with Crippen LogP contribution in [0.1, 0.15) is 29.5 Å². The maximum Gasteiger partial charge on any atom is 0.310 e. The van der Waals surface area contributed by atoms with Gasteiger partial charge in [0.25, 0.3) is 0 Å². The SMILES string of the molecule is Cc1cc(C)c(C(C)C(=O)O)c(F)c1. The van der Waals surface area contributed by atoms with Crippen molar-refractivity contribution >= 4 is 5.97 Å². The van der Waals surface area contributed by atoms with E-state index in [-0.39, 0.29) is 5.56 Å². The predicted molar refractivity (Wildman–Crippen MR) is 51.9 cm³/mol. The Morgan fingerprint density at radius 2 is 2.00 bits per heavy atom. The van der Waals surface area contributed by atoms with Crippen molar-refractivity contribution in [1.29, 1.82) is 0 Å². The van der Waals surface area contributed by atoms with Gasteiger partial charge in [-0.2, -0.15) is 0 Å². The summed E-state index contributed by atoms with van der Waals surface area (Å²) in [5.74, 6) is -2.23.